The number of hydrogen-bond acceptors (Lipinski definition) is 3. The molecule has 1 amide bonds. The molecule has 1 atom stereocenters. The number of rotatable bonds is 1. The molecule has 0 saturated carbocycles. The van der Waals surface area contributed by atoms with Crippen LogP contribution < -0.4 is 11.1 Å². The number of nitrogens with two attached hydrogens (primary N) is 1. The lowest BCUT2D eigenvalue weighted by atomic mass is 10.0. The van der Waals surface area contributed by atoms with Gasteiger partial charge >= 0.3 is 0 Å². The van der Waals surface area contributed by atoms with Crippen LogP contribution >= 0.6 is 22.6 Å². The van der Waals surface area contributed by atoms with Gasteiger partial charge in [0, 0.05) is 14.7 Å². The number of halogens is 1. The second kappa shape index (κ2) is 5.34. The van der Waals surface area contributed by atoms with Gasteiger partial charge in [-0.15, -0.1) is 0 Å². The Balaban J connectivity index is 2.23. The molecule has 2 aromatic carbocycles. The minimum atomic E-state index is -0.893. The fourth-order valence-electron chi connectivity index (χ4n) is 2.12. The lowest BCUT2D eigenvalue weighted by molar-refractivity contribution is -0.117. The van der Waals surface area contributed by atoms with E-state index in [0.29, 0.717) is 0 Å². The van der Waals surface area contributed by atoms with Crippen LogP contribution in [0.2, 0.25) is 0 Å². The van der Waals surface area contributed by atoms with E-state index in [1.165, 1.54) is 0 Å². The van der Waals surface area contributed by atoms with Crippen LogP contribution in [0.5, 0.6) is 0 Å². The minimum absolute atomic E-state index is 0.293. The predicted octanol–water partition coefficient (Wildman–Crippen LogP) is 2.37. The molecule has 0 saturated heterocycles. The fraction of sp³-hybridized carbons (Fsp3) is 0.0667. The van der Waals surface area contributed by atoms with E-state index in [4.69, 9.17) is 5.73 Å². The monoisotopic (exact) mass is 377 g/mol. The van der Waals surface area contributed by atoms with Crippen molar-refractivity contribution in [1.29, 1.82) is 0 Å². The topological polar surface area (TPSA) is 67.5 Å². The lowest BCUT2D eigenvalue weighted by Crippen LogP contribution is -2.33. The molecule has 4 nitrogen and oxygen atoms in total. The summed E-state index contributed by atoms with van der Waals surface area (Å²) in [4.78, 5) is 16.3. The summed E-state index contributed by atoms with van der Waals surface area (Å²) in [5.41, 5.74) is 9.14. The van der Waals surface area contributed by atoms with Crippen molar-refractivity contribution in [3.05, 3.63) is 63.2 Å². The first-order chi connectivity index (χ1) is 9.65. The highest BCUT2D eigenvalue weighted by atomic mass is 127. The number of fused-ring (bicyclic) bond motifs is 1. The van der Waals surface area contributed by atoms with Crippen molar-refractivity contribution in [2.24, 2.45) is 10.7 Å². The van der Waals surface area contributed by atoms with Crippen LogP contribution in [-0.4, -0.2) is 17.8 Å². The van der Waals surface area contributed by atoms with E-state index in [-0.39, 0.29) is 5.91 Å². The quantitative estimate of drug-likeness (QED) is 0.750. The van der Waals surface area contributed by atoms with Gasteiger partial charge in [0.05, 0.1) is 11.4 Å². The zero-order valence-electron chi connectivity index (χ0n) is 10.5. The van der Waals surface area contributed by atoms with Crippen molar-refractivity contribution >= 4 is 39.9 Å². The van der Waals surface area contributed by atoms with Gasteiger partial charge in [-0.05, 0) is 40.8 Å². The number of benzodiazepines with no additional fused rings is 1. The number of amides is 1. The van der Waals surface area contributed by atoms with E-state index >= 15 is 0 Å². The van der Waals surface area contributed by atoms with Crippen LogP contribution in [0.4, 0.5) is 5.69 Å². The first-order valence-electron chi connectivity index (χ1n) is 6.15. The Hall–Kier alpha value is -1.73. The molecule has 0 bridgehead atoms. The molecule has 5 heteroatoms. The van der Waals surface area contributed by atoms with Gasteiger partial charge in [-0.25, -0.2) is 0 Å². The van der Waals surface area contributed by atoms with Gasteiger partial charge in [-0.2, -0.15) is 0 Å². The summed E-state index contributed by atoms with van der Waals surface area (Å²) >= 11 is 2.24. The normalized spacial score (nSPS) is 17.8. The third kappa shape index (κ3) is 2.46. The molecule has 0 aromatic heterocycles. The van der Waals surface area contributed by atoms with Gasteiger partial charge in [-0.3, -0.25) is 9.79 Å². The number of anilines is 1. The maximum atomic E-state index is 11.9. The SMILES string of the molecule is N[C@@H]1N=C(c2ccccc2)c2cc(I)ccc2NC1=O. The highest BCUT2D eigenvalue weighted by Gasteiger charge is 2.23. The second-order valence-electron chi connectivity index (χ2n) is 4.47. The number of hydrogen-bond donors (Lipinski definition) is 2. The highest BCUT2D eigenvalue weighted by molar-refractivity contribution is 14.1. The Bertz CT molecular complexity index is 698. The molecular formula is C15H12IN3O. The van der Waals surface area contributed by atoms with Crippen molar-refractivity contribution in [3.63, 3.8) is 0 Å². The Kier molecular flexibility index (Phi) is 3.54. The van der Waals surface area contributed by atoms with E-state index in [2.05, 4.69) is 32.9 Å². The van der Waals surface area contributed by atoms with Crippen LogP contribution in [0.1, 0.15) is 11.1 Å². The molecule has 3 N–H and O–H groups in total. The third-order valence-corrected chi connectivity index (χ3v) is 3.75. The Labute approximate surface area is 130 Å². The summed E-state index contributed by atoms with van der Waals surface area (Å²) < 4.78 is 1.08. The van der Waals surface area contributed by atoms with Crippen LogP contribution in [-0.2, 0) is 4.79 Å². The number of carbonyl (C=O) groups is 1. The predicted molar refractivity (Wildman–Crippen MR) is 87.8 cm³/mol. The molecule has 1 aliphatic rings. The third-order valence-electron chi connectivity index (χ3n) is 3.08. The number of nitrogens with zero attached hydrogens (tertiary/aromatic N) is 1. The molecule has 0 fully saturated rings. The van der Waals surface area contributed by atoms with Crippen molar-refractivity contribution in [1.82, 2.24) is 0 Å². The molecule has 3 rings (SSSR count). The summed E-state index contributed by atoms with van der Waals surface area (Å²) in [7, 11) is 0. The molecule has 2 aromatic rings. The summed E-state index contributed by atoms with van der Waals surface area (Å²) in [6.45, 7) is 0. The average Bonchev–Trinajstić information content (AvgIpc) is 2.58. The van der Waals surface area contributed by atoms with Gasteiger partial charge in [-0.1, -0.05) is 30.3 Å². The zero-order valence-corrected chi connectivity index (χ0v) is 12.7. The van der Waals surface area contributed by atoms with Crippen LogP contribution in [0.3, 0.4) is 0 Å². The van der Waals surface area contributed by atoms with Crippen molar-refractivity contribution in [2.75, 3.05) is 5.32 Å². The number of nitrogens with one attached hydrogen (secondary N) is 1. The zero-order chi connectivity index (χ0) is 14.1. The molecule has 0 spiro atoms. The van der Waals surface area contributed by atoms with E-state index < -0.39 is 6.17 Å². The molecule has 0 aliphatic carbocycles. The van der Waals surface area contributed by atoms with Crippen molar-refractivity contribution in [3.8, 4) is 0 Å². The Morgan fingerprint density at radius 1 is 1.15 bits per heavy atom. The summed E-state index contributed by atoms with van der Waals surface area (Å²) in [6.07, 6.45) is -0.893. The van der Waals surface area contributed by atoms with Gasteiger partial charge in [0.15, 0.2) is 6.17 Å². The van der Waals surface area contributed by atoms with Crippen LogP contribution in [0, 0.1) is 3.57 Å². The van der Waals surface area contributed by atoms with Gasteiger partial charge in [0.2, 0.25) is 0 Å². The lowest BCUT2D eigenvalue weighted by Gasteiger charge is -2.10. The fourth-order valence-corrected chi connectivity index (χ4v) is 2.61. The maximum Gasteiger partial charge on any atom is 0.263 e. The van der Waals surface area contributed by atoms with Crippen LogP contribution in [0.25, 0.3) is 0 Å². The smallest absolute Gasteiger partial charge is 0.263 e. The van der Waals surface area contributed by atoms with Crippen molar-refractivity contribution < 1.29 is 4.79 Å². The average molecular weight is 377 g/mol. The second-order valence-corrected chi connectivity index (χ2v) is 5.71. The number of aliphatic imine (C=N–C) groups is 1. The van der Waals surface area contributed by atoms with E-state index in [9.17, 15) is 4.79 Å². The van der Waals surface area contributed by atoms with Gasteiger partial charge in [0.25, 0.3) is 5.91 Å². The maximum absolute atomic E-state index is 11.9. The summed E-state index contributed by atoms with van der Waals surface area (Å²) in [5, 5.41) is 2.82. The summed E-state index contributed by atoms with van der Waals surface area (Å²) in [6, 6.07) is 15.6. The molecule has 1 heterocycles. The van der Waals surface area contributed by atoms with Crippen molar-refractivity contribution in [2.45, 2.75) is 6.17 Å². The molecular weight excluding hydrogens is 365 g/mol. The largest absolute Gasteiger partial charge is 0.322 e. The summed E-state index contributed by atoms with van der Waals surface area (Å²) in [5.74, 6) is -0.293. The molecule has 1 aliphatic heterocycles. The first kappa shape index (κ1) is 13.3. The van der Waals surface area contributed by atoms with E-state index in [1.54, 1.807) is 0 Å². The van der Waals surface area contributed by atoms with Gasteiger partial charge in [0.1, 0.15) is 0 Å². The molecule has 0 unspecified atom stereocenters. The highest BCUT2D eigenvalue weighted by Crippen LogP contribution is 2.25. The molecule has 20 heavy (non-hydrogen) atoms. The number of benzene rings is 2. The van der Waals surface area contributed by atoms with Crippen LogP contribution in [0.15, 0.2) is 53.5 Å². The molecule has 0 radical (unpaired) electrons. The molecule has 100 valence electrons. The number of carbonyl (C=O) groups excluding carboxylic acids is 1. The first-order valence-corrected chi connectivity index (χ1v) is 7.22. The standard InChI is InChI=1S/C15H12IN3O/c16-10-6-7-12-11(8-10)13(9-4-2-1-3-5-9)19-14(17)15(20)18-12/h1-8,14H,17H2,(H,18,20)/t14-/m1/s1. The Morgan fingerprint density at radius 2 is 1.90 bits per heavy atom. The van der Waals surface area contributed by atoms with E-state index in [0.717, 1.165) is 26.1 Å². The Morgan fingerprint density at radius 3 is 2.65 bits per heavy atom. The minimum Gasteiger partial charge on any atom is -0.322 e. The van der Waals surface area contributed by atoms with E-state index in [1.807, 2.05) is 48.5 Å². The van der Waals surface area contributed by atoms with Gasteiger partial charge < -0.3 is 11.1 Å².